The van der Waals surface area contributed by atoms with Crippen LogP contribution in [-0.4, -0.2) is 13.2 Å². The average Bonchev–Trinajstić information content (AvgIpc) is 2.26. The summed E-state index contributed by atoms with van der Waals surface area (Å²) >= 11 is 0. The first-order valence-corrected chi connectivity index (χ1v) is 4.96. The fourth-order valence-corrected chi connectivity index (χ4v) is 1.17. The van der Waals surface area contributed by atoms with Crippen LogP contribution in [0.25, 0.3) is 0 Å². The largest absolute Gasteiger partial charge is 0.494 e. The molecule has 0 aliphatic carbocycles. The van der Waals surface area contributed by atoms with Gasteiger partial charge in [0.1, 0.15) is 5.75 Å². The predicted octanol–water partition coefficient (Wildman–Crippen LogP) is 1.43. The van der Waals surface area contributed by atoms with Crippen LogP contribution in [0.4, 0.5) is 0 Å². The third-order valence-corrected chi connectivity index (χ3v) is 2.04. The van der Waals surface area contributed by atoms with Crippen LogP contribution in [0.5, 0.6) is 5.75 Å². The summed E-state index contributed by atoms with van der Waals surface area (Å²) in [6.07, 6.45) is 1.02. The monoisotopic (exact) mass is 194 g/mol. The van der Waals surface area contributed by atoms with Crippen molar-refractivity contribution in [1.82, 2.24) is 0 Å². The average molecular weight is 194 g/mol. The van der Waals surface area contributed by atoms with Gasteiger partial charge in [-0.25, -0.2) is 0 Å². The molecule has 0 aromatic heterocycles. The topological polar surface area (TPSA) is 61.3 Å². The van der Waals surface area contributed by atoms with E-state index in [2.05, 4.69) is 6.92 Å². The first kappa shape index (κ1) is 11.0. The number of hydrogen-bond acceptors (Lipinski definition) is 3. The van der Waals surface area contributed by atoms with Gasteiger partial charge in [0, 0.05) is 12.6 Å². The second-order valence-corrected chi connectivity index (χ2v) is 3.26. The summed E-state index contributed by atoms with van der Waals surface area (Å²) in [5.41, 5.74) is 12.3. The van der Waals surface area contributed by atoms with Crippen molar-refractivity contribution in [2.75, 3.05) is 13.2 Å². The molecule has 0 radical (unpaired) electrons. The molecule has 0 fully saturated rings. The van der Waals surface area contributed by atoms with E-state index in [0.717, 1.165) is 24.3 Å². The van der Waals surface area contributed by atoms with Gasteiger partial charge in [-0.2, -0.15) is 0 Å². The van der Waals surface area contributed by atoms with Crippen LogP contribution in [0.2, 0.25) is 0 Å². The van der Waals surface area contributed by atoms with Crippen LogP contribution in [0.1, 0.15) is 24.9 Å². The summed E-state index contributed by atoms with van der Waals surface area (Å²) in [5, 5.41) is 0. The summed E-state index contributed by atoms with van der Waals surface area (Å²) in [5.74, 6) is 0.889. The van der Waals surface area contributed by atoms with Gasteiger partial charge in [-0.3, -0.25) is 0 Å². The molecule has 1 atom stereocenters. The number of rotatable bonds is 5. The molecule has 0 aliphatic rings. The van der Waals surface area contributed by atoms with Gasteiger partial charge in [-0.1, -0.05) is 19.1 Å². The van der Waals surface area contributed by atoms with Gasteiger partial charge in [0.15, 0.2) is 0 Å². The summed E-state index contributed by atoms with van der Waals surface area (Å²) in [6, 6.07) is 7.71. The lowest BCUT2D eigenvalue weighted by atomic mass is 10.1. The van der Waals surface area contributed by atoms with Crippen molar-refractivity contribution >= 4 is 0 Å². The van der Waals surface area contributed by atoms with Crippen molar-refractivity contribution < 1.29 is 4.74 Å². The van der Waals surface area contributed by atoms with Crippen molar-refractivity contribution in [3.63, 3.8) is 0 Å². The Labute approximate surface area is 85.0 Å². The maximum Gasteiger partial charge on any atom is 0.119 e. The molecule has 78 valence electrons. The lowest BCUT2D eigenvalue weighted by molar-refractivity contribution is 0.317. The van der Waals surface area contributed by atoms with Gasteiger partial charge in [0.2, 0.25) is 0 Å². The van der Waals surface area contributed by atoms with Crippen LogP contribution in [0, 0.1) is 0 Å². The second-order valence-electron chi connectivity index (χ2n) is 3.26. The highest BCUT2D eigenvalue weighted by atomic mass is 16.5. The van der Waals surface area contributed by atoms with Crippen LogP contribution in [0.15, 0.2) is 24.3 Å². The first-order chi connectivity index (χ1) is 6.77. The number of nitrogens with two attached hydrogens (primary N) is 2. The Morgan fingerprint density at radius 2 is 1.93 bits per heavy atom. The van der Waals surface area contributed by atoms with Gasteiger partial charge in [-0.15, -0.1) is 0 Å². The molecule has 3 heteroatoms. The molecule has 1 rings (SSSR count). The van der Waals surface area contributed by atoms with Crippen LogP contribution >= 0.6 is 0 Å². The summed E-state index contributed by atoms with van der Waals surface area (Å²) in [4.78, 5) is 0. The molecule has 1 unspecified atom stereocenters. The highest BCUT2D eigenvalue weighted by Gasteiger charge is 2.02. The molecule has 0 saturated carbocycles. The van der Waals surface area contributed by atoms with Crippen molar-refractivity contribution in [3.8, 4) is 5.75 Å². The molecule has 1 aromatic rings. The standard InChI is InChI=1S/C11H18N2O/c1-2-7-14-10-5-3-9(4-6-10)11(13)8-12/h3-6,11H,2,7-8,12-13H2,1H3. The second kappa shape index (κ2) is 5.62. The molecule has 0 spiro atoms. The van der Waals surface area contributed by atoms with E-state index in [1.807, 2.05) is 24.3 Å². The van der Waals surface area contributed by atoms with E-state index in [9.17, 15) is 0 Å². The normalized spacial score (nSPS) is 12.5. The van der Waals surface area contributed by atoms with Crippen LogP contribution in [-0.2, 0) is 0 Å². The van der Waals surface area contributed by atoms with Gasteiger partial charge >= 0.3 is 0 Å². The lowest BCUT2D eigenvalue weighted by Crippen LogP contribution is -2.20. The van der Waals surface area contributed by atoms with Crippen molar-refractivity contribution in [3.05, 3.63) is 29.8 Å². The van der Waals surface area contributed by atoms with Gasteiger partial charge in [0.05, 0.1) is 6.61 Å². The molecule has 14 heavy (non-hydrogen) atoms. The quantitative estimate of drug-likeness (QED) is 0.745. The minimum atomic E-state index is -0.0739. The molecular weight excluding hydrogens is 176 g/mol. The Kier molecular flexibility index (Phi) is 4.43. The van der Waals surface area contributed by atoms with Crippen LogP contribution < -0.4 is 16.2 Å². The van der Waals surface area contributed by atoms with E-state index in [-0.39, 0.29) is 6.04 Å². The Balaban J connectivity index is 2.59. The third kappa shape index (κ3) is 3.01. The van der Waals surface area contributed by atoms with Gasteiger partial charge in [0.25, 0.3) is 0 Å². The number of hydrogen-bond donors (Lipinski definition) is 2. The molecular formula is C11H18N2O. The minimum Gasteiger partial charge on any atom is -0.494 e. The molecule has 0 aliphatic heterocycles. The van der Waals surface area contributed by atoms with Crippen LogP contribution in [0.3, 0.4) is 0 Å². The van der Waals surface area contributed by atoms with E-state index in [4.69, 9.17) is 16.2 Å². The van der Waals surface area contributed by atoms with Crippen molar-refractivity contribution in [2.24, 2.45) is 11.5 Å². The van der Waals surface area contributed by atoms with Gasteiger partial charge in [-0.05, 0) is 24.1 Å². The molecule has 0 bridgehead atoms. The van der Waals surface area contributed by atoms with E-state index in [1.54, 1.807) is 0 Å². The van der Waals surface area contributed by atoms with E-state index < -0.39 is 0 Å². The molecule has 3 nitrogen and oxygen atoms in total. The third-order valence-electron chi connectivity index (χ3n) is 2.04. The van der Waals surface area contributed by atoms with E-state index in [0.29, 0.717) is 6.54 Å². The molecule has 4 N–H and O–H groups in total. The zero-order valence-electron chi connectivity index (χ0n) is 8.57. The van der Waals surface area contributed by atoms with Crippen molar-refractivity contribution in [2.45, 2.75) is 19.4 Å². The zero-order valence-corrected chi connectivity index (χ0v) is 8.57. The summed E-state index contributed by atoms with van der Waals surface area (Å²) < 4.78 is 5.45. The Bertz CT molecular complexity index is 258. The minimum absolute atomic E-state index is 0.0739. The molecule has 0 saturated heterocycles. The Morgan fingerprint density at radius 3 is 2.43 bits per heavy atom. The Hall–Kier alpha value is -1.06. The van der Waals surface area contributed by atoms with E-state index >= 15 is 0 Å². The highest BCUT2D eigenvalue weighted by molar-refractivity contribution is 5.29. The smallest absolute Gasteiger partial charge is 0.119 e. The van der Waals surface area contributed by atoms with Gasteiger partial charge < -0.3 is 16.2 Å². The number of ether oxygens (including phenoxy) is 1. The maximum absolute atomic E-state index is 5.78. The summed E-state index contributed by atoms with van der Waals surface area (Å²) in [7, 11) is 0. The molecule has 0 heterocycles. The molecule has 0 amide bonds. The van der Waals surface area contributed by atoms with E-state index in [1.165, 1.54) is 0 Å². The molecule has 1 aromatic carbocycles. The lowest BCUT2D eigenvalue weighted by Gasteiger charge is -2.10. The maximum atomic E-state index is 5.78. The predicted molar refractivity (Wildman–Crippen MR) is 58.2 cm³/mol. The SMILES string of the molecule is CCCOc1ccc(C(N)CN)cc1. The summed E-state index contributed by atoms with van der Waals surface area (Å²) in [6.45, 7) is 3.30. The Morgan fingerprint density at radius 1 is 1.29 bits per heavy atom. The fraction of sp³-hybridized carbons (Fsp3) is 0.455. The zero-order chi connectivity index (χ0) is 10.4. The first-order valence-electron chi connectivity index (χ1n) is 4.96. The highest BCUT2D eigenvalue weighted by Crippen LogP contribution is 2.15. The number of benzene rings is 1. The fourth-order valence-electron chi connectivity index (χ4n) is 1.17. The van der Waals surface area contributed by atoms with Crippen molar-refractivity contribution in [1.29, 1.82) is 0 Å².